The third-order valence-corrected chi connectivity index (χ3v) is 5.74. The molecule has 0 fully saturated rings. The largest absolute Gasteiger partial charge is 0.324 e. The topological polar surface area (TPSA) is 44.4 Å². The second-order valence-electron chi connectivity index (χ2n) is 4.96. The smallest absolute Gasteiger partial charge is 0.246 e. The quantitative estimate of drug-likeness (QED) is 0.722. The fourth-order valence-electron chi connectivity index (χ4n) is 2.48. The number of nitrogens with one attached hydrogen (secondary N) is 2. The number of nitrogens with zero attached hydrogens (tertiary/aromatic N) is 1. The molecule has 0 aromatic heterocycles. The number of likely N-dealkylation sites (N-methyl/N-ethyl adjacent to an activating group) is 1. The maximum Gasteiger partial charge on any atom is 0.246 e. The Morgan fingerprint density at radius 1 is 1.38 bits per heavy atom. The maximum absolute atomic E-state index is 11.9. The van der Waals surface area contributed by atoms with Gasteiger partial charge in [0.1, 0.15) is 6.04 Å². The number of benzene rings is 1. The van der Waals surface area contributed by atoms with Gasteiger partial charge in [-0.2, -0.15) is 0 Å². The molecule has 1 heterocycles. The van der Waals surface area contributed by atoms with Gasteiger partial charge < -0.3 is 15.5 Å². The molecule has 1 amide bonds. The van der Waals surface area contributed by atoms with E-state index in [9.17, 15) is 4.79 Å². The fourth-order valence-corrected chi connectivity index (χ4v) is 4.16. The Labute approximate surface area is 139 Å². The van der Waals surface area contributed by atoms with E-state index in [1.165, 1.54) is 4.90 Å². The Morgan fingerprint density at radius 2 is 2.10 bits per heavy atom. The van der Waals surface area contributed by atoms with Crippen molar-refractivity contribution in [2.45, 2.75) is 24.8 Å². The third-order valence-electron chi connectivity index (χ3n) is 3.78. The molecule has 6 heteroatoms. The predicted molar refractivity (Wildman–Crippen MR) is 93.1 cm³/mol. The van der Waals surface area contributed by atoms with Crippen molar-refractivity contribution in [3.63, 3.8) is 0 Å². The van der Waals surface area contributed by atoms with Crippen LogP contribution in [0.5, 0.6) is 0 Å². The van der Waals surface area contributed by atoms with Gasteiger partial charge in [0.05, 0.1) is 0 Å². The highest BCUT2D eigenvalue weighted by molar-refractivity contribution is 9.10. The predicted octanol–water partition coefficient (Wildman–Crippen LogP) is 3.10. The molecule has 4 nitrogen and oxygen atoms in total. The highest BCUT2D eigenvalue weighted by atomic mass is 79.9. The van der Waals surface area contributed by atoms with E-state index in [1.807, 2.05) is 17.8 Å². The van der Waals surface area contributed by atoms with Gasteiger partial charge in [-0.15, -0.1) is 11.8 Å². The molecular formula is C15H22BrN3OS. The molecule has 1 aromatic rings. The van der Waals surface area contributed by atoms with Crippen LogP contribution in [0.15, 0.2) is 21.5 Å². The lowest BCUT2D eigenvalue weighted by atomic mass is 10.1. The summed E-state index contributed by atoms with van der Waals surface area (Å²) >= 11 is 5.45. The van der Waals surface area contributed by atoms with E-state index in [1.54, 1.807) is 7.05 Å². The van der Waals surface area contributed by atoms with Crippen molar-refractivity contribution >= 4 is 39.3 Å². The molecule has 0 spiro atoms. The van der Waals surface area contributed by atoms with E-state index in [0.717, 1.165) is 41.1 Å². The highest BCUT2D eigenvalue weighted by Gasteiger charge is 2.30. The average molecular weight is 372 g/mol. The number of carbonyl (C=O) groups is 1. The first-order valence-electron chi connectivity index (χ1n) is 7.27. The van der Waals surface area contributed by atoms with Crippen LogP contribution < -0.4 is 10.6 Å². The van der Waals surface area contributed by atoms with E-state index >= 15 is 0 Å². The number of thioether (sulfide) groups is 1. The zero-order chi connectivity index (χ0) is 15.4. The number of halogens is 1. The van der Waals surface area contributed by atoms with Crippen LogP contribution in [0.4, 0.5) is 5.69 Å². The molecule has 21 heavy (non-hydrogen) atoms. The lowest BCUT2D eigenvalue weighted by molar-refractivity contribution is -0.117. The average Bonchev–Trinajstić information content (AvgIpc) is 2.78. The minimum Gasteiger partial charge on any atom is -0.324 e. The molecule has 1 aliphatic heterocycles. The molecule has 116 valence electrons. The Bertz CT molecular complexity index is 520. The second kappa shape index (κ2) is 7.63. The normalized spacial score (nSPS) is 17.2. The minimum absolute atomic E-state index is 0.0182. The van der Waals surface area contributed by atoms with E-state index in [2.05, 4.69) is 51.4 Å². The van der Waals surface area contributed by atoms with Gasteiger partial charge >= 0.3 is 0 Å². The van der Waals surface area contributed by atoms with Gasteiger partial charge in [0, 0.05) is 32.9 Å². The molecule has 2 N–H and O–H groups in total. The first-order chi connectivity index (χ1) is 10.1. The van der Waals surface area contributed by atoms with Crippen LogP contribution in [0, 0.1) is 0 Å². The van der Waals surface area contributed by atoms with Crippen molar-refractivity contribution in [2.24, 2.45) is 0 Å². The molecule has 2 rings (SSSR count). The summed E-state index contributed by atoms with van der Waals surface area (Å²) in [6.07, 6.45) is 0. The van der Waals surface area contributed by atoms with Gasteiger partial charge in [0.2, 0.25) is 5.91 Å². The van der Waals surface area contributed by atoms with Crippen LogP contribution in [-0.2, 0) is 4.79 Å². The van der Waals surface area contributed by atoms with E-state index < -0.39 is 0 Å². The molecule has 1 aliphatic rings. The summed E-state index contributed by atoms with van der Waals surface area (Å²) in [5, 5.41) is 5.99. The van der Waals surface area contributed by atoms with Crippen molar-refractivity contribution in [3.05, 3.63) is 22.2 Å². The van der Waals surface area contributed by atoms with Gasteiger partial charge in [-0.25, -0.2) is 0 Å². The lowest BCUT2D eigenvalue weighted by Crippen LogP contribution is -2.25. The molecule has 0 bridgehead atoms. The number of amides is 1. The van der Waals surface area contributed by atoms with Gasteiger partial charge in [-0.05, 0) is 48.2 Å². The summed E-state index contributed by atoms with van der Waals surface area (Å²) in [4.78, 5) is 15.5. The molecule has 0 aliphatic carbocycles. The number of carbonyl (C=O) groups excluding carboxylic acids is 1. The summed E-state index contributed by atoms with van der Waals surface area (Å²) in [7, 11) is 1.81. The standard InChI is InChI=1S/C15H22BrN3OS/c1-4-19(5-2)6-7-21-13-9-12-10(8-11(13)16)14(17-3)15(20)18-12/h8-9,14,17H,4-7H2,1-3H3,(H,18,20). The molecular weight excluding hydrogens is 350 g/mol. The van der Waals surface area contributed by atoms with E-state index in [-0.39, 0.29) is 11.9 Å². The zero-order valence-corrected chi connectivity index (χ0v) is 15.1. The fraction of sp³-hybridized carbons (Fsp3) is 0.533. The van der Waals surface area contributed by atoms with Gasteiger partial charge in [0.15, 0.2) is 0 Å². The van der Waals surface area contributed by atoms with Crippen molar-refractivity contribution in [2.75, 3.05) is 37.8 Å². The Balaban J connectivity index is 2.06. The van der Waals surface area contributed by atoms with Crippen LogP contribution in [0.2, 0.25) is 0 Å². The summed E-state index contributed by atoms with van der Waals surface area (Å²) in [6.45, 7) is 7.62. The number of hydrogen-bond donors (Lipinski definition) is 2. The van der Waals surface area contributed by atoms with Crippen LogP contribution in [-0.4, -0.2) is 43.2 Å². The third kappa shape index (κ3) is 3.80. The van der Waals surface area contributed by atoms with Crippen LogP contribution in [0.3, 0.4) is 0 Å². The van der Waals surface area contributed by atoms with Crippen LogP contribution >= 0.6 is 27.7 Å². The van der Waals surface area contributed by atoms with E-state index in [0.29, 0.717) is 0 Å². The molecule has 1 atom stereocenters. The van der Waals surface area contributed by atoms with Crippen molar-refractivity contribution in [3.8, 4) is 0 Å². The summed E-state index contributed by atoms with van der Waals surface area (Å²) < 4.78 is 1.06. The number of rotatable bonds is 7. The van der Waals surface area contributed by atoms with Gasteiger partial charge in [0.25, 0.3) is 0 Å². The number of fused-ring (bicyclic) bond motifs is 1. The molecule has 1 aromatic carbocycles. The number of hydrogen-bond acceptors (Lipinski definition) is 4. The highest BCUT2D eigenvalue weighted by Crippen LogP contribution is 2.38. The first-order valence-corrected chi connectivity index (χ1v) is 9.05. The molecule has 0 saturated heterocycles. The zero-order valence-electron chi connectivity index (χ0n) is 12.7. The van der Waals surface area contributed by atoms with Crippen LogP contribution in [0.25, 0.3) is 0 Å². The molecule has 1 unspecified atom stereocenters. The first kappa shape index (κ1) is 16.8. The minimum atomic E-state index is -0.244. The van der Waals surface area contributed by atoms with E-state index in [4.69, 9.17) is 0 Å². The van der Waals surface area contributed by atoms with Crippen molar-refractivity contribution in [1.29, 1.82) is 0 Å². The Morgan fingerprint density at radius 3 is 2.71 bits per heavy atom. The Kier molecular flexibility index (Phi) is 6.10. The lowest BCUT2D eigenvalue weighted by Gasteiger charge is -2.17. The summed E-state index contributed by atoms with van der Waals surface area (Å²) in [5.74, 6) is 1.06. The van der Waals surface area contributed by atoms with Crippen LogP contribution in [0.1, 0.15) is 25.5 Å². The molecule has 0 radical (unpaired) electrons. The van der Waals surface area contributed by atoms with Gasteiger partial charge in [-0.1, -0.05) is 13.8 Å². The van der Waals surface area contributed by atoms with Crippen molar-refractivity contribution in [1.82, 2.24) is 10.2 Å². The maximum atomic E-state index is 11.9. The van der Waals surface area contributed by atoms with Gasteiger partial charge in [-0.3, -0.25) is 4.79 Å². The SMILES string of the molecule is CCN(CC)CCSc1cc2c(cc1Br)C(NC)C(=O)N2. The van der Waals surface area contributed by atoms with Crippen molar-refractivity contribution < 1.29 is 4.79 Å². The summed E-state index contributed by atoms with van der Waals surface area (Å²) in [6, 6.07) is 3.88. The monoisotopic (exact) mass is 371 g/mol. The summed E-state index contributed by atoms with van der Waals surface area (Å²) in [5.41, 5.74) is 1.94. The molecule has 0 saturated carbocycles. The second-order valence-corrected chi connectivity index (χ2v) is 6.95. The number of anilines is 1. The Hall–Kier alpha value is -0.560.